The number of aromatic nitrogens is 2. The minimum Gasteiger partial charge on any atom is -0.399 e. The highest BCUT2D eigenvalue weighted by atomic mass is 16.3. The van der Waals surface area contributed by atoms with Crippen molar-refractivity contribution in [1.29, 1.82) is 0 Å². The number of imidazole rings is 1. The summed E-state index contributed by atoms with van der Waals surface area (Å²) in [5.41, 5.74) is 8.18. The molecular weight excluding hydrogens is 204 g/mol. The number of nitrogens with two attached hydrogens (primary N) is 1. The van der Waals surface area contributed by atoms with Gasteiger partial charge in [0, 0.05) is 19.3 Å². The zero-order chi connectivity index (χ0) is 11.7. The maximum Gasteiger partial charge on any atom is 0.203 e. The van der Waals surface area contributed by atoms with Gasteiger partial charge in [0.2, 0.25) is 5.95 Å². The third-order valence-corrected chi connectivity index (χ3v) is 2.39. The number of H-pyrrole nitrogens is 1. The largest absolute Gasteiger partial charge is 0.399 e. The molecule has 5 nitrogen and oxygen atoms in total. The van der Waals surface area contributed by atoms with Crippen molar-refractivity contribution >= 4 is 22.7 Å². The Labute approximate surface area is 93.9 Å². The summed E-state index contributed by atoms with van der Waals surface area (Å²) in [6.07, 6.45) is -0.386. The highest BCUT2D eigenvalue weighted by Crippen LogP contribution is 2.18. The lowest BCUT2D eigenvalue weighted by Gasteiger charge is -2.17. The van der Waals surface area contributed by atoms with Crippen LogP contribution in [0.5, 0.6) is 0 Å². The van der Waals surface area contributed by atoms with Crippen LogP contribution in [-0.2, 0) is 0 Å². The van der Waals surface area contributed by atoms with Crippen LogP contribution in [0, 0.1) is 0 Å². The number of nitrogens with zero attached hydrogens (tertiary/aromatic N) is 2. The van der Waals surface area contributed by atoms with E-state index in [-0.39, 0.29) is 6.10 Å². The quantitative estimate of drug-likeness (QED) is 0.673. The van der Waals surface area contributed by atoms with Crippen LogP contribution in [-0.4, -0.2) is 34.8 Å². The first-order chi connectivity index (χ1) is 7.56. The highest BCUT2D eigenvalue weighted by molar-refractivity contribution is 5.80. The zero-order valence-electron chi connectivity index (χ0n) is 9.44. The van der Waals surface area contributed by atoms with E-state index in [2.05, 4.69) is 9.97 Å². The van der Waals surface area contributed by atoms with Crippen molar-refractivity contribution in [2.45, 2.75) is 13.0 Å². The van der Waals surface area contributed by atoms with Gasteiger partial charge in [-0.2, -0.15) is 0 Å². The van der Waals surface area contributed by atoms with Gasteiger partial charge < -0.3 is 20.7 Å². The van der Waals surface area contributed by atoms with Crippen LogP contribution in [0.25, 0.3) is 11.0 Å². The predicted octanol–water partition coefficient (Wildman–Crippen LogP) is 0.962. The minimum absolute atomic E-state index is 0.386. The molecule has 0 amide bonds. The first kappa shape index (κ1) is 10.8. The molecule has 0 spiro atoms. The number of anilines is 2. The van der Waals surface area contributed by atoms with Crippen LogP contribution in [0.4, 0.5) is 11.6 Å². The van der Waals surface area contributed by atoms with Gasteiger partial charge in [0.1, 0.15) is 0 Å². The lowest BCUT2D eigenvalue weighted by Crippen LogP contribution is -2.27. The van der Waals surface area contributed by atoms with Gasteiger partial charge in [0.15, 0.2) is 0 Å². The molecule has 1 aromatic heterocycles. The van der Waals surface area contributed by atoms with Gasteiger partial charge in [-0.3, -0.25) is 0 Å². The normalized spacial score (nSPS) is 12.9. The molecule has 1 unspecified atom stereocenters. The Morgan fingerprint density at radius 1 is 1.56 bits per heavy atom. The Morgan fingerprint density at radius 2 is 2.31 bits per heavy atom. The second kappa shape index (κ2) is 4.02. The number of aliphatic hydroxyl groups is 1. The molecule has 5 heteroatoms. The van der Waals surface area contributed by atoms with Crippen molar-refractivity contribution in [3.8, 4) is 0 Å². The molecule has 0 fully saturated rings. The van der Waals surface area contributed by atoms with Crippen LogP contribution in [0.3, 0.4) is 0 Å². The summed E-state index contributed by atoms with van der Waals surface area (Å²) < 4.78 is 0. The number of aromatic amines is 1. The van der Waals surface area contributed by atoms with Crippen molar-refractivity contribution in [2.75, 3.05) is 24.2 Å². The van der Waals surface area contributed by atoms with E-state index >= 15 is 0 Å². The average molecular weight is 220 g/mol. The summed E-state index contributed by atoms with van der Waals surface area (Å²) in [7, 11) is 1.88. The second-order valence-corrected chi connectivity index (χ2v) is 4.07. The number of nitrogens with one attached hydrogen (secondary N) is 1. The van der Waals surface area contributed by atoms with Crippen molar-refractivity contribution in [3.63, 3.8) is 0 Å². The van der Waals surface area contributed by atoms with Gasteiger partial charge >= 0.3 is 0 Å². The van der Waals surface area contributed by atoms with E-state index in [9.17, 15) is 5.11 Å². The van der Waals surface area contributed by atoms with Gasteiger partial charge in [0.05, 0.1) is 17.1 Å². The van der Waals surface area contributed by atoms with E-state index in [1.807, 2.05) is 30.1 Å². The molecular formula is C11H16N4O. The number of hydrogen-bond donors (Lipinski definition) is 3. The third kappa shape index (κ3) is 2.09. The fourth-order valence-corrected chi connectivity index (χ4v) is 1.68. The van der Waals surface area contributed by atoms with Crippen LogP contribution in [0.1, 0.15) is 6.92 Å². The molecule has 0 radical (unpaired) electrons. The summed E-state index contributed by atoms with van der Waals surface area (Å²) in [5.74, 6) is 0.738. The maximum atomic E-state index is 9.30. The maximum absolute atomic E-state index is 9.30. The van der Waals surface area contributed by atoms with Crippen LogP contribution >= 0.6 is 0 Å². The smallest absolute Gasteiger partial charge is 0.203 e. The van der Waals surface area contributed by atoms with Crippen molar-refractivity contribution in [1.82, 2.24) is 9.97 Å². The van der Waals surface area contributed by atoms with Gasteiger partial charge in [-0.05, 0) is 25.1 Å². The van der Waals surface area contributed by atoms with Crippen LogP contribution in [0.15, 0.2) is 18.2 Å². The molecule has 0 saturated carbocycles. The Balaban J connectivity index is 2.32. The van der Waals surface area contributed by atoms with E-state index in [1.165, 1.54) is 0 Å². The molecule has 2 rings (SSSR count). The SMILES string of the molecule is CC(O)CN(C)c1nc2ccc(N)cc2[nH]1. The minimum atomic E-state index is -0.386. The zero-order valence-corrected chi connectivity index (χ0v) is 9.44. The number of fused-ring (bicyclic) bond motifs is 1. The van der Waals surface area contributed by atoms with Crippen LogP contribution < -0.4 is 10.6 Å². The molecule has 1 heterocycles. The number of benzene rings is 1. The van der Waals surface area contributed by atoms with Gasteiger partial charge in [-0.25, -0.2) is 4.98 Å². The fraction of sp³-hybridized carbons (Fsp3) is 0.364. The lowest BCUT2D eigenvalue weighted by atomic mass is 10.3. The second-order valence-electron chi connectivity index (χ2n) is 4.07. The highest BCUT2D eigenvalue weighted by Gasteiger charge is 2.09. The first-order valence-electron chi connectivity index (χ1n) is 5.20. The molecule has 0 bridgehead atoms. The van der Waals surface area contributed by atoms with Gasteiger partial charge in [0.25, 0.3) is 0 Å². The molecule has 2 aromatic rings. The van der Waals surface area contributed by atoms with Crippen molar-refractivity contribution < 1.29 is 5.11 Å². The number of hydrogen-bond acceptors (Lipinski definition) is 4. The van der Waals surface area contributed by atoms with Crippen molar-refractivity contribution in [2.24, 2.45) is 0 Å². The summed E-state index contributed by atoms with van der Waals surface area (Å²) >= 11 is 0. The number of nitrogen functional groups attached to an aromatic ring is 1. The molecule has 0 aliphatic heterocycles. The molecule has 4 N–H and O–H groups in total. The number of aliphatic hydroxyl groups excluding tert-OH is 1. The van der Waals surface area contributed by atoms with Crippen molar-refractivity contribution in [3.05, 3.63) is 18.2 Å². The molecule has 16 heavy (non-hydrogen) atoms. The standard InChI is InChI=1S/C11H16N4O/c1-7(16)6-15(2)11-13-9-4-3-8(12)5-10(9)14-11/h3-5,7,16H,6,12H2,1-2H3,(H,13,14). The van der Waals surface area contributed by atoms with Gasteiger partial charge in [-0.1, -0.05) is 0 Å². The molecule has 0 aliphatic carbocycles. The van der Waals surface area contributed by atoms with Gasteiger partial charge in [-0.15, -0.1) is 0 Å². The molecule has 86 valence electrons. The summed E-state index contributed by atoms with van der Waals surface area (Å²) in [6, 6.07) is 5.55. The van der Waals surface area contributed by atoms with E-state index in [0.717, 1.165) is 17.0 Å². The summed E-state index contributed by atoms with van der Waals surface area (Å²) in [4.78, 5) is 9.45. The van der Waals surface area contributed by atoms with E-state index in [0.29, 0.717) is 12.2 Å². The first-order valence-corrected chi connectivity index (χ1v) is 5.20. The summed E-state index contributed by atoms with van der Waals surface area (Å²) in [6.45, 7) is 2.28. The predicted molar refractivity (Wildman–Crippen MR) is 65.5 cm³/mol. The lowest BCUT2D eigenvalue weighted by molar-refractivity contribution is 0.201. The van der Waals surface area contributed by atoms with Crippen LogP contribution in [0.2, 0.25) is 0 Å². The summed E-state index contributed by atoms with van der Waals surface area (Å²) in [5, 5.41) is 9.30. The van der Waals surface area contributed by atoms with E-state index in [4.69, 9.17) is 5.73 Å². The molecule has 0 aliphatic rings. The van der Waals surface area contributed by atoms with E-state index in [1.54, 1.807) is 6.92 Å². The number of likely N-dealkylation sites (N-methyl/N-ethyl adjacent to an activating group) is 1. The topological polar surface area (TPSA) is 78.2 Å². The Hall–Kier alpha value is -1.75. The fourth-order valence-electron chi connectivity index (χ4n) is 1.68. The third-order valence-electron chi connectivity index (χ3n) is 2.39. The molecule has 1 aromatic carbocycles. The average Bonchev–Trinajstić information content (AvgIpc) is 2.59. The van der Waals surface area contributed by atoms with E-state index < -0.39 is 0 Å². The Morgan fingerprint density at radius 3 is 3.00 bits per heavy atom. The molecule has 0 saturated heterocycles. The monoisotopic (exact) mass is 220 g/mol. The number of rotatable bonds is 3. The Kier molecular flexibility index (Phi) is 2.70. The Bertz CT molecular complexity index is 492. The molecule has 1 atom stereocenters.